The molecule has 18 heavy (non-hydrogen) atoms. The maximum Gasteiger partial charge on any atom is 0.163 e. The van der Waals surface area contributed by atoms with Gasteiger partial charge in [0, 0.05) is 18.3 Å². The normalized spacial score (nSPS) is 25.3. The van der Waals surface area contributed by atoms with Crippen LogP contribution in [0.5, 0.6) is 11.5 Å². The molecule has 0 bridgehead atoms. The molecular formula is C14H19NO3. The number of fused-ring (bicyclic) bond motifs is 1. The summed E-state index contributed by atoms with van der Waals surface area (Å²) in [4.78, 5) is 2.23. The van der Waals surface area contributed by atoms with E-state index in [9.17, 15) is 5.11 Å². The summed E-state index contributed by atoms with van der Waals surface area (Å²) in [5.74, 6) is 1.61. The maximum atomic E-state index is 10.0. The minimum Gasteiger partial charge on any atom is -0.486 e. The predicted octanol–water partition coefficient (Wildman–Crippen LogP) is 1.81. The topological polar surface area (TPSA) is 41.9 Å². The van der Waals surface area contributed by atoms with Crippen LogP contribution >= 0.6 is 0 Å². The van der Waals surface area contributed by atoms with Gasteiger partial charge in [0.2, 0.25) is 0 Å². The van der Waals surface area contributed by atoms with E-state index < -0.39 is 0 Å². The smallest absolute Gasteiger partial charge is 0.163 e. The first-order chi connectivity index (χ1) is 8.59. The van der Waals surface area contributed by atoms with Crippen molar-refractivity contribution >= 4 is 5.69 Å². The van der Waals surface area contributed by atoms with Crippen LogP contribution in [0.2, 0.25) is 0 Å². The van der Waals surface area contributed by atoms with Crippen molar-refractivity contribution in [1.82, 2.24) is 0 Å². The number of nitrogens with zero attached hydrogens (tertiary/aromatic N) is 1. The number of aliphatic hydroxyl groups excluding tert-OH is 1. The van der Waals surface area contributed by atoms with Gasteiger partial charge in [0.1, 0.15) is 13.2 Å². The lowest BCUT2D eigenvalue weighted by atomic mass is 9.98. The number of benzene rings is 1. The van der Waals surface area contributed by atoms with Crippen molar-refractivity contribution in [3.05, 3.63) is 18.2 Å². The van der Waals surface area contributed by atoms with Crippen LogP contribution < -0.4 is 14.4 Å². The Kier molecular flexibility index (Phi) is 2.63. The third-order valence-electron chi connectivity index (χ3n) is 3.97. The van der Waals surface area contributed by atoms with Gasteiger partial charge >= 0.3 is 0 Å². The molecule has 1 atom stereocenters. The lowest BCUT2D eigenvalue weighted by Crippen LogP contribution is -2.45. The number of rotatable bonds is 1. The van der Waals surface area contributed by atoms with Gasteiger partial charge in [-0.25, -0.2) is 0 Å². The highest BCUT2D eigenvalue weighted by Gasteiger charge is 2.40. The largest absolute Gasteiger partial charge is 0.486 e. The minimum absolute atomic E-state index is 0.232. The summed E-state index contributed by atoms with van der Waals surface area (Å²) in [6.07, 6.45) is 0.521. The van der Waals surface area contributed by atoms with Crippen LogP contribution in [0.4, 0.5) is 5.69 Å². The van der Waals surface area contributed by atoms with Gasteiger partial charge in [0.05, 0.1) is 11.6 Å². The molecule has 1 fully saturated rings. The average molecular weight is 249 g/mol. The van der Waals surface area contributed by atoms with E-state index in [1.54, 1.807) is 0 Å². The maximum absolute atomic E-state index is 10.0. The second-order valence-electron chi connectivity index (χ2n) is 5.44. The lowest BCUT2D eigenvalue weighted by Gasteiger charge is -2.36. The highest BCUT2D eigenvalue weighted by molar-refractivity contribution is 5.59. The Bertz CT molecular complexity index is 458. The van der Waals surface area contributed by atoms with Crippen molar-refractivity contribution in [2.24, 2.45) is 0 Å². The Morgan fingerprint density at radius 2 is 1.94 bits per heavy atom. The summed E-state index contributed by atoms with van der Waals surface area (Å²) in [5, 5.41) is 10.0. The quantitative estimate of drug-likeness (QED) is 0.824. The first kappa shape index (κ1) is 11.7. The van der Waals surface area contributed by atoms with Crippen molar-refractivity contribution < 1.29 is 14.6 Å². The molecule has 98 valence electrons. The van der Waals surface area contributed by atoms with Crippen LogP contribution in [0.1, 0.15) is 20.3 Å². The number of hydrogen-bond donors (Lipinski definition) is 1. The van der Waals surface area contributed by atoms with Crippen molar-refractivity contribution in [3.63, 3.8) is 0 Å². The fourth-order valence-electron chi connectivity index (χ4n) is 2.73. The van der Waals surface area contributed by atoms with Gasteiger partial charge < -0.3 is 19.5 Å². The number of ether oxygens (including phenoxy) is 2. The summed E-state index contributed by atoms with van der Waals surface area (Å²) in [7, 11) is 0. The van der Waals surface area contributed by atoms with Crippen molar-refractivity contribution in [2.45, 2.75) is 31.9 Å². The monoisotopic (exact) mass is 249 g/mol. The zero-order valence-corrected chi connectivity index (χ0v) is 10.8. The Morgan fingerprint density at radius 3 is 2.61 bits per heavy atom. The summed E-state index contributed by atoms with van der Waals surface area (Å²) < 4.78 is 11.1. The molecule has 0 saturated carbocycles. The molecule has 0 amide bonds. The number of anilines is 1. The molecule has 0 spiro atoms. The molecule has 1 unspecified atom stereocenters. The Labute approximate surface area is 107 Å². The van der Waals surface area contributed by atoms with Gasteiger partial charge in [-0.05, 0) is 32.4 Å². The molecule has 2 aliphatic heterocycles. The lowest BCUT2D eigenvalue weighted by molar-refractivity contribution is 0.127. The van der Waals surface area contributed by atoms with E-state index in [0.717, 1.165) is 30.2 Å². The van der Waals surface area contributed by atoms with Crippen LogP contribution in [0.3, 0.4) is 0 Å². The molecule has 4 nitrogen and oxygen atoms in total. The first-order valence-corrected chi connectivity index (χ1v) is 6.44. The fourth-order valence-corrected chi connectivity index (χ4v) is 2.73. The second-order valence-corrected chi connectivity index (χ2v) is 5.44. The summed E-state index contributed by atoms with van der Waals surface area (Å²) in [6, 6.07) is 5.99. The van der Waals surface area contributed by atoms with Crippen LogP contribution in [-0.4, -0.2) is 36.5 Å². The molecule has 4 heteroatoms. The van der Waals surface area contributed by atoms with Crippen molar-refractivity contribution in [2.75, 3.05) is 24.7 Å². The van der Waals surface area contributed by atoms with Crippen molar-refractivity contribution in [1.29, 1.82) is 0 Å². The summed E-state index contributed by atoms with van der Waals surface area (Å²) >= 11 is 0. The van der Waals surface area contributed by atoms with Gasteiger partial charge in [-0.1, -0.05) is 0 Å². The zero-order chi connectivity index (χ0) is 12.8. The number of aliphatic hydroxyl groups is 1. The average Bonchev–Trinajstić information content (AvgIpc) is 2.64. The SMILES string of the molecule is CC1(C)C(O)CCN1c1ccc2c(c1)OCCO2. The highest BCUT2D eigenvalue weighted by atomic mass is 16.6. The third-order valence-corrected chi connectivity index (χ3v) is 3.97. The molecule has 1 aromatic rings. The highest BCUT2D eigenvalue weighted by Crippen LogP contribution is 2.39. The molecule has 2 aliphatic rings. The van der Waals surface area contributed by atoms with E-state index in [1.165, 1.54) is 0 Å². The molecule has 1 N–H and O–H groups in total. The second kappa shape index (κ2) is 4.05. The van der Waals surface area contributed by atoms with Gasteiger partial charge in [0.25, 0.3) is 0 Å². The Morgan fingerprint density at radius 1 is 1.22 bits per heavy atom. The molecule has 0 aliphatic carbocycles. The molecule has 0 radical (unpaired) electrons. The molecule has 1 saturated heterocycles. The first-order valence-electron chi connectivity index (χ1n) is 6.44. The van der Waals surface area contributed by atoms with E-state index in [0.29, 0.717) is 13.2 Å². The van der Waals surface area contributed by atoms with Gasteiger partial charge in [-0.3, -0.25) is 0 Å². The van der Waals surface area contributed by atoms with Gasteiger partial charge in [-0.2, -0.15) is 0 Å². The molecule has 2 heterocycles. The van der Waals surface area contributed by atoms with Crippen LogP contribution in [-0.2, 0) is 0 Å². The molecule has 1 aromatic carbocycles. The molecule has 0 aromatic heterocycles. The van der Waals surface area contributed by atoms with Crippen LogP contribution in [0.25, 0.3) is 0 Å². The van der Waals surface area contributed by atoms with E-state index in [2.05, 4.69) is 18.7 Å². The van der Waals surface area contributed by atoms with E-state index in [1.807, 2.05) is 18.2 Å². The zero-order valence-electron chi connectivity index (χ0n) is 10.8. The Balaban J connectivity index is 1.93. The summed E-state index contributed by atoms with van der Waals surface area (Å²) in [5.41, 5.74) is 0.852. The van der Waals surface area contributed by atoms with Crippen molar-refractivity contribution in [3.8, 4) is 11.5 Å². The van der Waals surface area contributed by atoms with Crippen LogP contribution in [0.15, 0.2) is 18.2 Å². The Hall–Kier alpha value is -1.42. The molecular weight excluding hydrogens is 230 g/mol. The predicted molar refractivity (Wildman–Crippen MR) is 69.5 cm³/mol. The fraction of sp³-hybridized carbons (Fsp3) is 0.571. The van der Waals surface area contributed by atoms with Gasteiger partial charge in [0.15, 0.2) is 11.5 Å². The van der Waals surface area contributed by atoms with E-state index >= 15 is 0 Å². The number of hydrogen-bond acceptors (Lipinski definition) is 4. The molecule has 3 rings (SSSR count). The van der Waals surface area contributed by atoms with Crippen LogP contribution in [0, 0.1) is 0 Å². The standard InChI is InChI=1S/C14H19NO3/c1-14(2)13(16)5-6-15(14)10-3-4-11-12(9-10)18-8-7-17-11/h3-4,9,13,16H,5-8H2,1-2H3. The van der Waals surface area contributed by atoms with E-state index in [-0.39, 0.29) is 11.6 Å². The van der Waals surface area contributed by atoms with E-state index in [4.69, 9.17) is 9.47 Å². The van der Waals surface area contributed by atoms with Gasteiger partial charge in [-0.15, -0.1) is 0 Å². The summed E-state index contributed by atoms with van der Waals surface area (Å²) in [6.45, 7) is 6.22. The third kappa shape index (κ3) is 1.72. The minimum atomic E-state index is -0.286.